The molecule has 0 fully saturated rings. The predicted octanol–water partition coefficient (Wildman–Crippen LogP) is 4.81. The van der Waals surface area contributed by atoms with E-state index in [0.717, 1.165) is 21.4 Å². The number of halogens is 1. The van der Waals surface area contributed by atoms with Crippen LogP contribution in [0.1, 0.15) is 22.8 Å². The molecule has 0 aliphatic rings. The Morgan fingerprint density at radius 3 is 2.32 bits per heavy atom. The third kappa shape index (κ3) is 4.58. The molecule has 28 heavy (non-hydrogen) atoms. The Balaban J connectivity index is 1.85. The van der Waals surface area contributed by atoms with Crippen molar-refractivity contribution in [3.8, 4) is 5.75 Å². The first-order valence-corrected chi connectivity index (χ1v) is 9.42. The van der Waals surface area contributed by atoms with Crippen molar-refractivity contribution >= 4 is 39.1 Å². The van der Waals surface area contributed by atoms with E-state index >= 15 is 0 Å². The third-order valence-electron chi connectivity index (χ3n) is 4.10. The maximum Gasteiger partial charge on any atom is 0.252 e. The van der Waals surface area contributed by atoms with E-state index in [9.17, 15) is 9.59 Å². The fraction of sp³-hybridized carbons (Fsp3) is 0.0909. The van der Waals surface area contributed by atoms with Gasteiger partial charge < -0.3 is 10.5 Å². The van der Waals surface area contributed by atoms with Crippen molar-refractivity contribution in [2.45, 2.75) is 13.5 Å². The summed E-state index contributed by atoms with van der Waals surface area (Å²) >= 11 is 3.44. The minimum Gasteiger partial charge on any atom is -0.488 e. The molecule has 0 aromatic heterocycles. The van der Waals surface area contributed by atoms with Gasteiger partial charge in [-0.15, -0.1) is 0 Å². The summed E-state index contributed by atoms with van der Waals surface area (Å²) in [5.41, 5.74) is 8.08. The number of anilines is 2. The highest BCUT2D eigenvalue weighted by Gasteiger charge is 2.15. The Morgan fingerprint density at radius 2 is 1.64 bits per heavy atom. The lowest BCUT2D eigenvalue weighted by atomic mass is 10.1. The molecule has 2 N–H and O–H groups in total. The van der Waals surface area contributed by atoms with Crippen molar-refractivity contribution in [2.24, 2.45) is 5.73 Å². The van der Waals surface area contributed by atoms with Gasteiger partial charge in [0.25, 0.3) is 5.91 Å². The highest BCUT2D eigenvalue weighted by molar-refractivity contribution is 9.10. The third-order valence-corrected chi connectivity index (χ3v) is 4.59. The second-order valence-electron chi connectivity index (χ2n) is 6.15. The zero-order valence-electron chi connectivity index (χ0n) is 15.3. The van der Waals surface area contributed by atoms with Crippen LogP contribution in [0.3, 0.4) is 0 Å². The van der Waals surface area contributed by atoms with E-state index < -0.39 is 5.91 Å². The molecule has 0 unspecified atom stereocenters. The Bertz CT molecular complexity index is 1020. The first-order valence-electron chi connectivity index (χ1n) is 8.62. The Labute approximate surface area is 171 Å². The van der Waals surface area contributed by atoms with Gasteiger partial charge in [-0.2, -0.15) is 0 Å². The number of nitrogens with zero attached hydrogens (tertiary/aromatic N) is 1. The van der Waals surface area contributed by atoms with Crippen LogP contribution in [-0.4, -0.2) is 11.8 Å². The molecule has 142 valence electrons. The van der Waals surface area contributed by atoms with Crippen molar-refractivity contribution in [3.05, 3.63) is 88.4 Å². The van der Waals surface area contributed by atoms with Gasteiger partial charge in [-0.1, -0.05) is 46.3 Å². The number of hydrogen-bond donors (Lipinski definition) is 1. The highest BCUT2D eigenvalue weighted by atomic mass is 79.9. The number of primary amides is 1. The summed E-state index contributed by atoms with van der Waals surface area (Å²) in [6.45, 7) is 1.76. The molecule has 0 bridgehead atoms. The minimum atomic E-state index is -0.540. The van der Waals surface area contributed by atoms with Crippen LogP contribution in [0, 0.1) is 0 Å². The van der Waals surface area contributed by atoms with Crippen LogP contribution in [0.4, 0.5) is 11.4 Å². The van der Waals surface area contributed by atoms with E-state index in [0.29, 0.717) is 11.3 Å². The van der Waals surface area contributed by atoms with Crippen molar-refractivity contribution in [1.29, 1.82) is 0 Å². The number of carbonyl (C=O) groups is 2. The molecule has 0 radical (unpaired) electrons. The molecule has 5 nitrogen and oxygen atoms in total. The highest BCUT2D eigenvalue weighted by Crippen LogP contribution is 2.29. The summed E-state index contributed by atoms with van der Waals surface area (Å²) in [5, 5.41) is 0. The number of nitrogens with two attached hydrogens (primary N) is 1. The van der Waals surface area contributed by atoms with Crippen LogP contribution in [0.15, 0.2) is 77.3 Å². The van der Waals surface area contributed by atoms with E-state index in [1.54, 1.807) is 29.2 Å². The van der Waals surface area contributed by atoms with Crippen molar-refractivity contribution in [3.63, 3.8) is 0 Å². The molecule has 6 heteroatoms. The van der Waals surface area contributed by atoms with Gasteiger partial charge in [0.1, 0.15) is 12.4 Å². The molecular formula is C22H19BrN2O3. The number of para-hydroxylation sites is 1. The van der Waals surface area contributed by atoms with Gasteiger partial charge in [0, 0.05) is 22.8 Å². The normalized spacial score (nSPS) is 10.4. The standard InChI is InChI=1S/C22H19BrN2O3/c1-15(26)25(19-9-5-7-17(23)13-19)18-8-4-6-16(12-18)14-28-21-11-3-2-10-20(21)22(24)27/h2-13H,14H2,1H3,(H2,24,27). The van der Waals surface area contributed by atoms with Gasteiger partial charge in [0.15, 0.2) is 0 Å². The first kappa shape index (κ1) is 19.6. The van der Waals surface area contributed by atoms with E-state index in [1.807, 2.05) is 48.5 Å². The van der Waals surface area contributed by atoms with Gasteiger partial charge in [-0.25, -0.2) is 0 Å². The smallest absolute Gasteiger partial charge is 0.252 e. The molecule has 0 atom stereocenters. The number of benzene rings is 3. The van der Waals surface area contributed by atoms with E-state index in [-0.39, 0.29) is 12.5 Å². The average molecular weight is 439 g/mol. The first-order chi connectivity index (χ1) is 13.5. The quantitative estimate of drug-likeness (QED) is 0.599. The monoisotopic (exact) mass is 438 g/mol. The second-order valence-corrected chi connectivity index (χ2v) is 7.07. The molecule has 0 heterocycles. The largest absolute Gasteiger partial charge is 0.488 e. The van der Waals surface area contributed by atoms with Crippen LogP contribution >= 0.6 is 15.9 Å². The average Bonchev–Trinajstić information content (AvgIpc) is 2.67. The summed E-state index contributed by atoms with van der Waals surface area (Å²) in [7, 11) is 0. The Morgan fingerprint density at radius 1 is 0.964 bits per heavy atom. The molecule has 0 aliphatic carbocycles. The molecular weight excluding hydrogens is 420 g/mol. The number of ether oxygens (including phenoxy) is 1. The number of rotatable bonds is 6. The van der Waals surface area contributed by atoms with Crippen LogP contribution in [-0.2, 0) is 11.4 Å². The number of amides is 2. The van der Waals surface area contributed by atoms with Crippen LogP contribution in [0.25, 0.3) is 0 Å². The van der Waals surface area contributed by atoms with E-state index in [1.165, 1.54) is 6.92 Å². The number of carbonyl (C=O) groups excluding carboxylic acids is 2. The molecule has 0 aliphatic heterocycles. The lowest BCUT2D eigenvalue weighted by Crippen LogP contribution is -2.22. The summed E-state index contributed by atoms with van der Waals surface area (Å²) in [6.07, 6.45) is 0. The summed E-state index contributed by atoms with van der Waals surface area (Å²) in [6, 6.07) is 21.9. The van der Waals surface area contributed by atoms with Crippen molar-refractivity contribution < 1.29 is 14.3 Å². The van der Waals surface area contributed by atoms with Crippen LogP contribution in [0.2, 0.25) is 0 Å². The molecule has 3 aromatic carbocycles. The predicted molar refractivity (Wildman–Crippen MR) is 113 cm³/mol. The zero-order valence-corrected chi connectivity index (χ0v) is 16.8. The topological polar surface area (TPSA) is 72.6 Å². The van der Waals surface area contributed by atoms with Crippen LogP contribution in [0.5, 0.6) is 5.75 Å². The minimum absolute atomic E-state index is 0.102. The molecule has 2 amide bonds. The van der Waals surface area contributed by atoms with Gasteiger partial charge in [-0.05, 0) is 48.0 Å². The molecule has 3 aromatic rings. The molecule has 0 saturated heterocycles. The fourth-order valence-electron chi connectivity index (χ4n) is 2.87. The summed E-state index contributed by atoms with van der Waals surface area (Å²) in [5.74, 6) is -0.215. The van der Waals surface area contributed by atoms with Gasteiger partial charge >= 0.3 is 0 Å². The Kier molecular flexibility index (Phi) is 6.11. The van der Waals surface area contributed by atoms with Gasteiger partial charge in [-0.3, -0.25) is 14.5 Å². The van der Waals surface area contributed by atoms with Gasteiger partial charge in [0.2, 0.25) is 5.91 Å². The van der Waals surface area contributed by atoms with Crippen molar-refractivity contribution in [1.82, 2.24) is 0 Å². The summed E-state index contributed by atoms with van der Waals surface area (Å²) in [4.78, 5) is 25.5. The van der Waals surface area contributed by atoms with E-state index in [2.05, 4.69) is 15.9 Å². The molecule has 0 saturated carbocycles. The second kappa shape index (κ2) is 8.71. The number of hydrogen-bond acceptors (Lipinski definition) is 3. The Hall–Kier alpha value is -3.12. The lowest BCUT2D eigenvalue weighted by Gasteiger charge is -2.22. The lowest BCUT2D eigenvalue weighted by molar-refractivity contribution is -0.115. The SMILES string of the molecule is CC(=O)N(c1cccc(Br)c1)c1cccc(COc2ccccc2C(N)=O)c1. The fourth-order valence-corrected chi connectivity index (χ4v) is 3.26. The maximum atomic E-state index is 12.3. The molecule has 3 rings (SSSR count). The molecule has 0 spiro atoms. The van der Waals surface area contributed by atoms with Crippen LogP contribution < -0.4 is 15.4 Å². The van der Waals surface area contributed by atoms with E-state index in [4.69, 9.17) is 10.5 Å². The zero-order chi connectivity index (χ0) is 20.1. The van der Waals surface area contributed by atoms with Crippen molar-refractivity contribution in [2.75, 3.05) is 4.90 Å². The summed E-state index contributed by atoms with van der Waals surface area (Å²) < 4.78 is 6.68. The maximum absolute atomic E-state index is 12.3. The van der Waals surface area contributed by atoms with Gasteiger partial charge in [0.05, 0.1) is 5.56 Å².